The summed E-state index contributed by atoms with van der Waals surface area (Å²) in [5, 5.41) is 0. The van der Waals surface area contributed by atoms with E-state index in [0.717, 1.165) is 26.1 Å². The Morgan fingerprint density at radius 3 is 2.88 bits per heavy atom. The van der Waals surface area contributed by atoms with Crippen molar-refractivity contribution in [3.05, 3.63) is 40.3 Å². The molecule has 0 saturated heterocycles. The van der Waals surface area contributed by atoms with Gasteiger partial charge in [-0.15, -0.1) is 0 Å². The zero-order valence-corrected chi connectivity index (χ0v) is 10.2. The van der Waals surface area contributed by atoms with Crippen LogP contribution >= 0.6 is 0 Å². The molecule has 0 aromatic carbocycles. The first-order chi connectivity index (χ1) is 8.15. The minimum absolute atomic E-state index is 0.0166. The van der Waals surface area contributed by atoms with Crippen LogP contribution in [0.25, 0.3) is 0 Å². The zero-order chi connectivity index (χ0) is 12.3. The fraction of sp³-hybridized carbons (Fsp3) is 0.462. The maximum atomic E-state index is 11.6. The van der Waals surface area contributed by atoms with Crippen LogP contribution in [0.4, 0.5) is 5.69 Å². The lowest BCUT2D eigenvalue weighted by atomic mass is 10.1. The van der Waals surface area contributed by atoms with Crippen LogP contribution in [-0.4, -0.2) is 29.1 Å². The zero-order valence-electron chi connectivity index (χ0n) is 10.2. The van der Waals surface area contributed by atoms with E-state index in [0.29, 0.717) is 12.2 Å². The summed E-state index contributed by atoms with van der Waals surface area (Å²) in [4.78, 5) is 13.9. The van der Waals surface area contributed by atoms with Gasteiger partial charge in [0.05, 0.1) is 0 Å². The van der Waals surface area contributed by atoms with Crippen LogP contribution in [0.5, 0.6) is 0 Å². The lowest BCUT2D eigenvalue weighted by Crippen LogP contribution is -2.33. The summed E-state index contributed by atoms with van der Waals surface area (Å²) in [6.07, 6.45) is 5.10. The Labute approximate surface area is 101 Å². The SMILES string of the molecule is CC1=CCN(CCn2cc(N)ccc2=O)CC1. The summed E-state index contributed by atoms with van der Waals surface area (Å²) in [5.41, 5.74) is 7.79. The Bertz CT molecular complexity index is 476. The van der Waals surface area contributed by atoms with Gasteiger partial charge in [-0.1, -0.05) is 11.6 Å². The van der Waals surface area contributed by atoms with Gasteiger partial charge in [-0.25, -0.2) is 0 Å². The first kappa shape index (κ1) is 11.9. The van der Waals surface area contributed by atoms with Crippen molar-refractivity contribution in [3.63, 3.8) is 0 Å². The van der Waals surface area contributed by atoms with E-state index in [1.807, 2.05) is 0 Å². The number of hydrogen-bond donors (Lipinski definition) is 1. The number of hydrogen-bond acceptors (Lipinski definition) is 3. The Morgan fingerprint density at radius 1 is 1.35 bits per heavy atom. The highest BCUT2D eigenvalue weighted by atomic mass is 16.1. The van der Waals surface area contributed by atoms with Gasteiger partial charge in [0.25, 0.3) is 5.56 Å². The van der Waals surface area contributed by atoms with Gasteiger partial charge in [-0.2, -0.15) is 0 Å². The molecule has 4 nitrogen and oxygen atoms in total. The minimum atomic E-state index is 0.0166. The van der Waals surface area contributed by atoms with Crippen LogP contribution in [0.15, 0.2) is 34.8 Å². The molecule has 1 aromatic rings. The average molecular weight is 233 g/mol. The van der Waals surface area contributed by atoms with Gasteiger partial charge >= 0.3 is 0 Å². The van der Waals surface area contributed by atoms with Crippen LogP contribution in [0.1, 0.15) is 13.3 Å². The van der Waals surface area contributed by atoms with Crippen molar-refractivity contribution in [1.82, 2.24) is 9.47 Å². The van der Waals surface area contributed by atoms with Gasteiger partial charge in [0.1, 0.15) is 0 Å². The molecule has 1 aliphatic rings. The molecular formula is C13H19N3O. The molecule has 0 saturated carbocycles. The molecule has 1 aromatic heterocycles. The van der Waals surface area contributed by atoms with Gasteiger partial charge in [-0.05, 0) is 19.4 Å². The Morgan fingerprint density at radius 2 is 2.18 bits per heavy atom. The number of rotatable bonds is 3. The van der Waals surface area contributed by atoms with E-state index in [2.05, 4.69) is 17.9 Å². The number of pyridine rings is 1. The van der Waals surface area contributed by atoms with Gasteiger partial charge in [0, 0.05) is 44.1 Å². The predicted octanol–water partition coefficient (Wildman–Crippen LogP) is 1.08. The van der Waals surface area contributed by atoms with Gasteiger partial charge in [0.2, 0.25) is 0 Å². The first-order valence-electron chi connectivity index (χ1n) is 5.99. The van der Waals surface area contributed by atoms with Crippen molar-refractivity contribution in [2.24, 2.45) is 0 Å². The van der Waals surface area contributed by atoms with Crippen molar-refractivity contribution in [3.8, 4) is 0 Å². The van der Waals surface area contributed by atoms with Crippen molar-refractivity contribution >= 4 is 5.69 Å². The van der Waals surface area contributed by atoms with Crippen LogP contribution in [0.3, 0.4) is 0 Å². The van der Waals surface area contributed by atoms with Gasteiger partial charge < -0.3 is 10.3 Å². The van der Waals surface area contributed by atoms with Crippen LogP contribution in [0.2, 0.25) is 0 Å². The monoisotopic (exact) mass is 233 g/mol. The molecule has 0 spiro atoms. The Hall–Kier alpha value is -1.55. The third-order valence-electron chi connectivity index (χ3n) is 3.18. The molecule has 1 aliphatic heterocycles. The molecule has 17 heavy (non-hydrogen) atoms. The van der Waals surface area contributed by atoms with E-state index < -0.39 is 0 Å². The predicted molar refractivity (Wildman–Crippen MR) is 69.9 cm³/mol. The summed E-state index contributed by atoms with van der Waals surface area (Å²) in [7, 11) is 0. The Kier molecular flexibility index (Phi) is 3.64. The maximum Gasteiger partial charge on any atom is 0.250 e. The van der Waals surface area contributed by atoms with Crippen LogP contribution in [0, 0.1) is 0 Å². The van der Waals surface area contributed by atoms with E-state index in [1.165, 1.54) is 11.6 Å². The van der Waals surface area contributed by atoms with Crippen molar-refractivity contribution < 1.29 is 0 Å². The third kappa shape index (κ3) is 3.20. The van der Waals surface area contributed by atoms with Crippen molar-refractivity contribution in [2.45, 2.75) is 19.9 Å². The molecule has 0 amide bonds. The van der Waals surface area contributed by atoms with Gasteiger partial charge in [0.15, 0.2) is 0 Å². The minimum Gasteiger partial charge on any atom is -0.398 e. The lowest BCUT2D eigenvalue weighted by molar-refractivity contribution is 0.280. The largest absolute Gasteiger partial charge is 0.398 e. The summed E-state index contributed by atoms with van der Waals surface area (Å²) in [5.74, 6) is 0. The number of aromatic nitrogens is 1. The highest BCUT2D eigenvalue weighted by molar-refractivity contribution is 5.33. The standard InChI is InChI=1S/C13H19N3O/c1-11-4-6-15(7-5-11)8-9-16-10-12(14)2-3-13(16)17/h2-4,10H,5-9,14H2,1H3. The molecule has 2 N–H and O–H groups in total. The second-order valence-electron chi connectivity index (χ2n) is 4.60. The lowest BCUT2D eigenvalue weighted by Gasteiger charge is -2.25. The molecule has 2 heterocycles. The smallest absolute Gasteiger partial charge is 0.250 e. The molecule has 0 fully saturated rings. The van der Waals surface area contributed by atoms with E-state index in [1.54, 1.807) is 16.8 Å². The van der Waals surface area contributed by atoms with E-state index in [9.17, 15) is 4.79 Å². The number of nitrogens with zero attached hydrogens (tertiary/aromatic N) is 2. The quantitative estimate of drug-likeness (QED) is 0.795. The van der Waals surface area contributed by atoms with E-state index in [4.69, 9.17) is 5.73 Å². The summed E-state index contributed by atoms with van der Waals surface area (Å²) >= 11 is 0. The molecule has 0 atom stereocenters. The number of nitrogens with two attached hydrogens (primary N) is 1. The van der Waals surface area contributed by atoms with Gasteiger partial charge in [-0.3, -0.25) is 9.69 Å². The fourth-order valence-corrected chi connectivity index (χ4v) is 1.99. The second kappa shape index (κ2) is 5.19. The molecule has 4 heteroatoms. The highest BCUT2D eigenvalue weighted by Gasteiger charge is 2.09. The molecular weight excluding hydrogens is 214 g/mol. The number of nitrogen functional groups attached to an aromatic ring is 1. The third-order valence-corrected chi connectivity index (χ3v) is 3.18. The number of anilines is 1. The van der Waals surface area contributed by atoms with E-state index >= 15 is 0 Å². The fourth-order valence-electron chi connectivity index (χ4n) is 1.99. The molecule has 0 bridgehead atoms. The molecule has 0 radical (unpaired) electrons. The maximum absolute atomic E-state index is 11.6. The summed E-state index contributed by atoms with van der Waals surface area (Å²) < 4.78 is 1.68. The van der Waals surface area contributed by atoms with Crippen molar-refractivity contribution in [1.29, 1.82) is 0 Å². The molecule has 0 unspecified atom stereocenters. The highest BCUT2D eigenvalue weighted by Crippen LogP contribution is 2.09. The molecule has 92 valence electrons. The summed E-state index contributed by atoms with van der Waals surface area (Å²) in [6.45, 7) is 5.84. The van der Waals surface area contributed by atoms with Crippen molar-refractivity contribution in [2.75, 3.05) is 25.4 Å². The van der Waals surface area contributed by atoms with E-state index in [-0.39, 0.29) is 5.56 Å². The first-order valence-corrected chi connectivity index (χ1v) is 5.99. The molecule has 2 rings (SSSR count). The Balaban J connectivity index is 1.94. The topological polar surface area (TPSA) is 51.3 Å². The summed E-state index contributed by atoms with van der Waals surface area (Å²) in [6, 6.07) is 3.17. The second-order valence-corrected chi connectivity index (χ2v) is 4.60. The molecule has 0 aliphatic carbocycles. The normalized spacial score (nSPS) is 16.9. The van der Waals surface area contributed by atoms with Crippen LogP contribution in [-0.2, 0) is 6.54 Å². The average Bonchev–Trinajstić information content (AvgIpc) is 2.32. The van der Waals surface area contributed by atoms with Crippen LogP contribution < -0.4 is 11.3 Å².